The van der Waals surface area contributed by atoms with Crippen LogP contribution in [-0.4, -0.2) is 16.9 Å². The molecule has 0 radical (unpaired) electrons. The van der Waals surface area contributed by atoms with Gasteiger partial charge in [0.25, 0.3) is 0 Å². The Hall–Kier alpha value is -2.76. The molecule has 0 aliphatic heterocycles. The first-order valence-corrected chi connectivity index (χ1v) is 7.81. The lowest BCUT2D eigenvalue weighted by atomic mass is 10.1. The molecule has 0 bridgehead atoms. The predicted octanol–water partition coefficient (Wildman–Crippen LogP) is 4.68. The van der Waals surface area contributed by atoms with Crippen molar-refractivity contribution in [2.45, 2.75) is 19.0 Å². The van der Waals surface area contributed by atoms with Crippen LogP contribution in [0, 0.1) is 0 Å². The molecular weight excluding hydrogens is 329 g/mol. The monoisotopic (exact) mass is 346 g/mol. The average molecular weight is 346 g/mol. The number of halogens is 3. The summed E-state index contributed by atoms with van der Waals surface area (Å²) in [5, 5.41) is 4.43. The molecule has 0 saturated heterocycles. The second-order valence-electron chi connectivity index (χ2n) is 5.64. The van der Waals surface area contributed by atoms with Crippen LogP contribution >= 0.6 is 0 Å². The third-order valence-electron chi connectivity index (χ3n) is 3.93. The summed E-state index contributed by atoms with van der Waals surface area (Å²) in [4.78, 5) is 0. The first-order valence-electron chi connectivity index (χ1n) is 7.81. The molecule has 0 amide bonds. The molecule has 130 valence electrons. The summed E-state index contributed by atoms with van der Waals surface area (Å²) in [7, 11) is 1.63. The molecule has 0 N–H and O–H groups in total. The third kappa shape index (κ3) is 4.21. The van der Waals surface area contributed by atoms with Crippen LogP contribution in [0.5, 0.6) is 5.75 Å². The highest BCUT2D eigenvalue weighted by molar-refractivity contribution is 5.35. The van der Waals surface area contributed by atoms with E-state index in [0.717, 1.165) is 36.4 Å². The number of alkyl halides is 3. The molecule has 3 nitrogen and oxygen atoms in total. The van der Waals surface area contributed by atoms with Crippen LogP contribution in [0.25, 0.3) is 5.69 Å². The standard InChI is InChI=1S/C19H17F3N2O/c1-25-18-10-3-14(4-11-18)2-7-16-12-13-24(23-16)17-8-5-15(6-9-17)19(20,21)22/h3-6,8-13H,2,7H2,1H3. The molecule has 1 aromatic heterocycles. The van der Waals surface area contributed by atoms with Crippen molar-refractivity contribution < 1.29 is 17.9 Å². The summed E-state index contributed by atoms with van der Waals surface area (Å²) in [5.74, 6) is 0.815. The van der Waals surface area contributed by atoms with Gasteiger partial charge in [-0.2, -0.15) is 18.3 Å². The number of aryl methyl sites for hydroxylation is 2. The lowest BCUT2D eigenvalue weighted by molar-refractivity contribution is -0.137. The Labute approximate surface area is 143 Å². The number of rotatable bonds is 5. The molecule has 0 spiro atoms. The zero-order chi connectivity index (χ0) is 17.9. The van der Waals surface area contributed by atoms with E-state index in [0.29, 0.717) is 5.69 Å². The summed E-state index contributed by atoms with van der Waals surface area (Å²) in [6.45, 7) is 0. The summed E-state index contributed by atoms with van der Waals surface area (Å²) >= 11 is 0. The number of aromatic nitrogens is 2. The fourth-order valence-corrected chi connectivity index (χ4v) is 2.51. The largest absolute Gasteiger partial charge is 0.497 e. The minimum absolute atomic E-state index is 0.601. The first-order chi connectivity index (χ1) is 12.0. The smallest absolute Gasteiger partial charge is 0.416 e. The van der Waals surface area contributed by atoms with Gasteiger partial charge in [0.2, 0.25) is 0 Å². The highest BCUT2D eigenvalue weighted by Gasteiger charge is 2.30. The minimum atomic E-state index is -4.33. The molecule has 3 aromatic rings. The Morgan fingerprint density at radius 2 is 1.60 bits per heavy atom. The molecule has 0 saturated carbocycles. The Kier molecular flexibility index (Phi) is 4.79. The van der Waals surface area contributed by atoms with Gasteiger partial charge in [-0.3, -0.25) is 0 Å². The van der Waals surface area contributed by atoms with Gasteiger partial charge in [-0.05, 0) is 60.9 Å². The number of methoxy groups -OCH3 is 1. The van der Waals surface area contributed by atoms with Crippen LogP contribution in [0.3, 0.4) is 0 Å². The zero-order valence-corrected chi connectivity index (χ0v) is 13.6. The van der Waals surface area contributed by atoms with Crippen LogP contribution in [0.1, 0.15) is 16.8 Å². The molecule has 1 heterocycles. The number of hydrogen-bond acceptors (Lipinski definition) is 2. The average Bonchev–Trinajstić information content (AvgIpc) is 3.09. The van der Waals surface area contributed by atoms with Crippen molar-refractivity contribution in [2.75, 3.05) is 7.11 Å². The Morgan fingerprint density at radius 3 is 2.20 bits per heavy atom. The van der Waals surface area contributed by atoms with Crippen LogP contribution in [-0.2, 0) is 19.0 Å². The van der Waals surface area contributed by atoms with E-state index in [4.69, 9.17) is 4.74 Å². The Balaban J connectivity index is 1.65. The summed E-state index contributed by atoms with van der Waals surface area (Å²) in [5.41, 5.74) is 1.99. The van der Waals surface area contributed by atoms with Crippen molar-refractivity contribution in [1.29, 1.82) is 0 Å². The summed E-state index contributed by atoms with van der Waals surface area (Å²) < 4.78 is 44.5. The van der Waals surface area contributed by atoms with E-state index in [1.807, 2.05) is 30.3 Å². The molecule has 0 unspecified atom stereocenters. The molecule has 0 atom stereocenters. The van der Waals surface area contributed by atoms with Gasteiger partial charge in [0.05, 0.1) is 24.1 Å². The fraction of sp³-hybridized carbons (Fsp3) is 0.211. The van der Waals surface area contributed by atoms with Gasteiger partial charge in [0.1, 0.15) is 5.75 Å². The first kappa shape index (κ1) is 17.1. The van der Waals surface area contributed by atoms with E-state index >= 15 is 0 Å². The van der Waals surface area contributed by atoms with E-state index in [1.54, 1.807) is 18.0 Å². The van der Waals surface area contributed by atoms with Crippen molar-refractivity contribution in [3.05, 3.63) is 77.6 Å². The van der Waals surface area contributed by atoms with Gasteiger partial charge >= 0.3 is 6.18 Å². The maximum atomic E-state index is 12.6. The maximum Gasteiger partial charge on any atom is 0.416 e. The number of hydrogen-bond donors (Lipinski definition) is 0. The second-order valence-corrected chi connectivity index (χ2v) is 5.64. The molecule has 6 heteroatoms. The van der Waals surface area contributed by atoms with E-state index in [1.165, 1.54) is 17.7 Å². The summed E-state index contributed by atoms with van der Waals surface area (Å²) in [6.07, 6.45) is -0.994. The number of benzene rings is 2. The highest BCUT2D eigenvalue weighted by atomic mass is 19.4. The van der Waals surface area contributed by atoms with Gasteiger partial charge in [-0.15, -0.1) is 0 Å². The van der Waals surface area contributed by atoms with E-state index in [-0.39, 0.29) is 0 Å². The Morgan fingerprint density at radius 1 is 0.920 bits per heavy atom. The molecule has 3 rings (SSSR count). The second kappa shape index (κ2) is 7.01. The fourth-order valence-electron chi connectivity index (χ4n) is 2.51. The molecule has 0 fully saturated rings. The molecule has 2 aromatic carbocycles. The molecule has 0 aliphatic carbocycles. The van der Waals surface area contributed by atoms with Crippen molar-refractivity contribution in [3.63, 3.8) is 0 Å². The molecule has 0 aliphatic rings. The third-order valence-corrected chi connectivity index (χ3v) is 3.93. The number of nitrogens with zero attached hydrogens (tertiary/aromatic N) is 2. The normalized spacial score (nSPS) is 11.5. The van der Waals surface area contributed by atoms with Crippen molar-refractivity contribution in [3.8, 4) is 11.4 Å². The highest BCUT2D eigenvalue weighted by Crippen LogP contribution is 2.29. The SMILES string of the molecule is COc1ccc(CCc2ccn(-c3ccc(C(F)(F)F)cc3)n2)cc1. The predicted molar refractivity (Wildman–Crippen MR) is 89.0 cm³/mol. The van der Waals surface area contributed by atoms with E-state index in [2.05, 4.69) is 5.10 Å². The van der Waals surface area contributed by atoms with Gasteiger partial charge in [0.15, 0.2) is 0 Å². The maximum absolute atomic E-state index is 12.6. The Bertz CT molecular complexity index is 821. The zero-order valence-electron chi connectivity index (χ0n) is 13.6. The van der Waals surface area contributed by atoms with Gasteiger partial charge in [0, 0.05) is 6.20 Å². The minimum Gasteiger partial charge on any atom is -0.497 e. The van der Waals surface area contributed by atoms with Gasteiger partial charge < -0.3 is 4.74 Å². The van der Waals surface area contributed by atoms with Crippen molar-refractivity contribution >= 4 is 0 Å². The molecule has 25 heavy (non-hydrogen) atoms. The number of ether oxygens (including phenoxy) is 1. The van der Waals surface area contributed by atoms with Gasteiger partial charge in [-0.25, -0.2) is 4.68 Å². The lowest BCUT2D eigenvalue weighted by Crippen LogP contribution is -2.05. The van der Waals surface area contributed by atoms with Crippen molar-refractivity contribution in [1.82, 2.24) is 9.78 Å². The quantitative estimate of drug-likeness (QED) is 0.670. The summed E-state index contributed by atoms with van der Waals surface area (Å²) in [6, 6.07) is 14.7. The van der Waals surface area contributed by atoms with E-state index < -0.39 is 11.7 Å². The van der Waals surface area contributed by atoms with Gasteiger partial charge in [-0.1, -0.05) is 12.1 Å². The van der Waals surface area contributed by atoms with E-state index in [9.17, 15) is 13.2 Å². The van der Waals surface area contributed by atoms with Crippen LogP contribution < -0.4 is 4.74 Å². The van der Waals surface area contributed by atoms with Crippen LogP contribution in [0.2, 0.25) is 0 Å². The van der Waals surface area contributed by atoms with Crippen molar-refractivity contribution in [2.24, 2.45) is 0 Å². The van der Waals surface area contributed by atoms with Crippen LogP contribution in [0.4, 0.5) is 13.2 Å². The molecular formula is C19H17F3N2O. The van der Waals surface area contributed by atoms with Crippen LogP contribution in [0.15, 0.2) is 60.8 Å². The lowest BCUT2D eigenvalue weighted by Gasteiger charge is -2.07. The topological polar surface area (TPSA) is 27.1 Å².